The molecule has 2 nitrogen and oxygen atoms in total. The van der Waals surface area contributed by atoms with Gasteiger partial charge in [0.15, 0.2) is 0 Å². The molecule has 2 rings (SSSR count). The molecule has 2 aromatic rings. The summed E-state index contributed by atoms with van der Waals surface area (Å²) in [5.74, 6) is 0.0755. The first kappa shape index (κ1) is 13.6. The topological polar surface area (TPSA) is 32.3 Å². The Kier molecular flexibility index (Phi) is 4.53. The van der Waals surface area contributed by atoms with Crippen molar-refractivity contribution in [3.05, 3.63) is 65.5 Å². The van der Waals surface area contributed by atoms with Gasteiger partial charge in [-0.3, -0.25) is 0 Å². The van der Waals surface area contributed by atoms with E-state index in [-0.39, 0.29) is 17.6 Å². The molecular formula is C16H18FNO. The molecule has 0 spiro atoms. The van der Waals surface area contributed by atoms with Gasteiger partial charge in [-0.1, -0.05) is 24.3 Å². The van der Waals surface area contributed by atoms with E-state index in [9.17, 15) is 9.50 Å². The number of halogens is 1. The number of hydrogen-bond donors (Lipinski definition) is 2. The zero-order chi connectivity index (χ0) is 13.7. The molecule has 0 aliphatic carbocycles. The molecule has 0 amide bonds. The van der Waals surface area contributed by atoms with Gasteiger partial charge >= 0.3 is 0 Å². The molecule has 19 heavy (non-hydrogen) atoms. The Bertz CT molecular complexity index is 460. The highest BCUT2D eigenvalue weighted by atomic mass is 19.1. The zero-order valence-corrected chi connectivity index (χ0v) is 10.9. The first-order valence-corrected chi connectivity index (χ1v) is 6.37. The van der Waals surface area contributed by atoms with Gasteiger partial charge in [-0.2, -0.15) is 0 Å². The number of phenols is 1. The fourth-order valence-corrected chi connectivity index (χ4v) is 2.10. The van der Waals surface area contributed by atoms with Gasteiger partial charge in [0.25, 0.3) is 0 Å². The van der Waals surface area contributed by atoms with Crippen molar-refractivity contribution in [3.8, 4) is 5.75 Å². The lowest BCUT2D eigenvalue weighted by molar-refractivity contribution is 0.474. The van der Waals surface area contributed by atoms with Crippen molar-refractivity contribution in [3.63, 3.8) is 0 Å². The van der Waals surface area contributed by atoms with Crippen LogP contribution in [0.15, 0.2) is 48.5 Å². The standard InChI is InChI=1S/C16H18FNO/c1-18-15(10-12-2-6-14(17)7-3-12)11-13-4-8-16(19)9-5-13/h2-9,15,18-19H,10-11H2,1H3. The molecule has 0 saturated carbocycles. The Hall–Kier alpha value is -1.87. The van der Waals surface area contributed by atoms with Crippen molar-refractivity contribution >= 4 is 0 Å². The molecule has 2 aromatic carbocycles. The Morgan fingerprint density at radius 1 is 0.947 bits per heavy atom. The van der Waals surface area contributed by atoms with Gasteiger partial charge in [0.2, 0.25) is 0 Å². The van der Waals surface area contributed by atoms with Crippen molar-refractivity contribution in [2.75, 3.05) is 7.05 Å². The molecular weight excluding hydrogens is 241 g/mol. The van der Waals surface area contributed by atoms with Gasteiger partial charge in [0.05, 0.1) is 0 Å². The minimum Gasteiger partial charge on any atom is -0.508 e. The lowest BCUT2D eigenvalue weighted by Gasteiger charge is -2.16. The van der Waals surface area contributed by atoms with Crippen molar-refractivity contribution in [1.82, 2.24) is 5.32 Å². The predicted octanol–water partition coefficient (Wildman–Crippen LogP) is 2.90. The minimum atomic E-state index is -0.205. The monoisotopic (exact) mass is 259 g/mol. The first-order valence-electron chi connectivity index (χ1n) is 6.37. The van der Waals surface area contributed by atoms with Gasteiger partial charge in [-0.05, 0) is 55.3 Å². The van der Waals surface area contributed by atoms with Gasteiger partial charge in [0.1, 0.15) is 11.6 Å². The molecule has 1 unspecified atom stereocenters. The summed E-state index contributed by atoms with van der Waals surface area (Å²) in [6.45, 7) is 0. The number of rotatable bonds is 5. The molecule has 100 valence electrons. The second kappa shape index (κ2) is 6.34. The lowest BCUT2D eigenvalue weighted by atomic mass is 9.99. The summed E-state index contributed by atoms with van der Waals surface area (Å²) >= 11 is 0. The highest BCUT2D eigenvalue weighted by Gasteiger charge is 2.08. The van der Waals surface area contributed by atoms with E-state index in [1.165, 1.54) is 17.7 Å². The zero-order valence-electron chi connectivity index (χ0n) is 10.9. The molecule has 0 bridgehead atoms. The quantitative estimate of drug-likeness (QED) is 0.865. The molecule has 0 aromatic heterocycles. The number of nitrogens with one attached hydrogen (secondary N) is 1. The van der Waals surface area contributed by atoms with Gasteiger partial charge in [-0.25, -0.2) is 4.39 Å². The van der Waals surface area contributed by atoms with E-state index < -0.39 is 0 Å². The molecule has 0 aliphatic heterocycles. The largest absolute Gasteiger partial charge is 0.508 e. The maximum Gasteiger partial charge on any atom is 0.123 e. The van der Waals surface area contributed by atoms with Gasteiger partial charge < -0.3 is 10.4 Å². The third-order valence-corrected chi connectivity index (χ3v) is 3.22. The van der Waals surface area contributed by atoms with Crippen LogP contribution in [0.4, 0.5) is 4.39 Å². The number of hydrogen-bond acceptors (Lipinski definition) is 2. The summed E-state index contributed by atoms with van der Waals surface area (Å²) < 4.78 is 12.9. The van der Waals surface area contributed by atoms with E-state index in [2.05, 4.69) is 5.32 Å². The average Bonchev–Trinajstić information content (AvgIpc) is 2.43. The minimum absolute atomic E-state index is 0.205. The Morgan fingerprint density at radius 2 is 1.42 bits per heavy atom. The second-order valence-corrected chi connectivity index (χ2v) is 4.69. The normalized spacial score (nSPS) is 12.3. The molecule has 1 atom stereocenters. The lowest BCUT2D eigenvalue weighted by Crippen LogP contribution is -2.29. The van der Waals surface area contributed by atoms with E-state index in [1.54, 1.807) is 12.1 Å². The maximum absolute atomic E-state index is 12.9. The van der Waals surface area contributed by atoms with E-state index in [0.29, 0.717) is 0 Å². The fraction of sp³-hybridized carbons (Fsp3) is 0.250. The summed E-state index contributed by atoms with van der Waals surface area (Å²) in [6.07, 6.45) is 1.71. The van der Waals surface area contributed by atoms with Crippen LogP contribution in [0.1, 0.15) is 11.1 Å². The molecule has 3 heteroatoms. The Labute approximate surface area is 112 Å². The van der Waals surface area contributed by atoms with Crippen molar-refractivity contribution in [2.24, 2.45) is 0 Å². The maximum atomic E-state index is 12.9. The van der Waals surface area contributed by atoms with Crippen molar-refractivity contribution < 1.29 is 9.50 Å². The average molecular weight is 259 g/mol. The molecule has 2 N–H and O–H groups in total. The summed E-state index contributed by atoms with van der Waals surface area (Å²) in [5.41, 5.74) is 2.28. The van der Waals surface area contributed by atoms with Crippen LogP contribution in [-0.4, -0.2) is 18.2 Å². The SMILES string of the molecule is CNC(Cc1ccc(O)cc1)Cc1ccc(F)cc1. The van der Waals surface area contributed by atoms with Gasteiger partial charge in [-0.15, -0.1) is 0 Å². The highest BCUT2D eigenvalue weighted by Crippen LogP contribution is 2.13. The number of benzene rings is 2. The summed E-state index contributed by atoms with van der Waals surface area (Å²) in [5, 5.41) is 12.5. The van der Waals surface area contributed by atoms with E-state index in [0.717, 1.165) is 18.4 Å². The second-order valence-electron chi connectivity index (χ2n) is 4.69. The van der Waals surface area contributed by atoms with E-state index >= 15 is 0 Å². The summed E-state index contributed by atoms with van der Waals surface area (Å²) in [4.78, 5) is 0. The van der Waals surface area contributed by atoms with Gasteiger partial charge in [0, 0.05) is 6.04 Å². The molecule has 0 radical (unpaired) electrons. The third kappa shape index (κ3) is 4.07. The molecule has 0 fully saturated rings. The molecule has 0 heterocycles. The number of aromatic hydroxyl groups is 1. The van der Waals surface area contributed by atoms with Crippen LogP contribution in [-0.2, 0) is 12.8 Å². The van der Waals surface area contributed by atoms with Crippen molar-refractivity contribution in [2.45, 2.75) is 18.9 Å². The van der Waals surface area contributed by atoms with Crippen molar-refractivity contribution in [1.29, 1.82) is 0 Å². The van der Waals surface area contributed by atoms with Crippen LogP contribution in [0.3, 0.4) is 0 Å². The smallest absolute Gasteiger partial charge is 0.123 e. The molecule has 0 aliphatic rings. The summed E-state index contributed by atoms with van der Waals surface area (Å²) in [7, 11) is 1.93. The van der Waals surface area contributed by atoms with Crippen LogP contribution in [0.2, 0.25) is 0 Å². The fourth-order valence-electron chi connectivity index (χ4n) is 2.10. The number of phenolic OH excluding ortho intramolecular Hbond substituents is 1. The Balaban J connectivity index is 2.00. The van der Waals surface area contributed by atoms with Crippen LogP contribution in [0, 0.1) is 5.82 Å². The van der Waals surface area contributed by atoms with Crippen LogP contribution in [0.25, 0.3) is 0 Å². The van der Waals surface area contributed by atoms with E-state index in [4.69, 9.17) is 0 Å². The predicted molar refractivity (Wildman–Crippen MR) is 74.8 cm³/mol. The third-order valence-electron chi connectivity index (χ3n) is 3.22. The first-order chi connectivity index (χ1) is 9.17. The van der Waals surface area contributed by atoms with Crippen LogP contribution < -0.4 is 5.32 Å². The Morgan fingerprint density at radius 3 is 1.89 bits per heavy atom. The van der Waals surface area contributed by atoms with E-state index in [1.807, 2.05) is 31.3 Å². The van der Waals surface area contributed by atoms with Crippen LogP contribution in [0.5, 0.6) is 5.75 Å². The van der Waals surface area contributed by atoms with Crippen LogP contribution >= 0.6 is 0 Å². The highest BCUT2D eigenvalue weighted by molar-refractivity contribution is 5.27. The number of likely N-dealkylation sites (N-methyl/N-ethyl adjacent to an activating group) is 1. The summed E-state index contributed by atoms with van der Waals surface area (Å²) in [6, 6.07) is 14.1. The molecule has 0 saturated heterocycles.